The van der Waals surface area contributed by atoms with E-state index in [-0.39, 0.29) is 12.0 Å². The molecule has 1 N–H and O–H groups in total. The third-order valence-corrected chi connectivity index (χ3v) is 6.33. The minimum atomic E-state index is -0.575. The maximum absolute atomic E-state index is 13.3. The molecule has 0 radical (unpaired) electrons. The van der Waals surface area contributed by atoms with Crippen LogP contribution in [0.4, 0.5) is 0 Å². The first-order valence-electron chi connectivity index (χ1n) is 9.19. The molecule has 1 aliphatic rings. The van der Waals surface area contributed by atoms with Crippen LogP contribution in [0.25, 0.3) is 0 Å². The normalized spacial score (nSPS) is 17.3. The van der Waals surface area contributed by atoms with Gasteiger partial charge >= 0.3 is 0 Å². The van der Waals surface area contributed by atoms with E-state index in [1.807, 2.05) is 24.3 Å². The highest BCUT2D eigenvalue weighted by Crippen LogP contribution is 2.36. The standard InChI is InChI=1S/C21H27NO4S/c1-15-4-9-19(27-15)18(25-3)14-22-20(23)21(10-12-26-13-11-21)16-5-7-17(24-2)8-6-16/h4-9,18H,10-14H2,1-3H3,(H,22,23). The number of hydrogen-bond donors (Lipinski definition) is 1. The van der Waals surface area contributed by atoms with Crippen LogP contribution in [0.3, 0.4) is 0 Å². The molecular weight excluding hydrogens is 362 g/mol. The number of thiophene rings is 1. The summed E-state index contributed by atoms with van der Waals surface area (Å²) in [7, 11) is 3.32. The molecule has 2 heterocycles. The molecule has 0 spiro atoms. The Bertz CT molecular complexity index is 750. The first-order chi connectivity index (χ1) is 13.1. The molecule has 1 aromatic heterocycles. The maximum Gasteiger partial charge on any atom is 0.230 e. The van der Waals surface area contributed by atoms with Crippen LogP contribution in [-0.4, -0.2) is 39.9 Å². The fourth-order valence-corrected chi connectivity index (χ4v) is 4.51. The minimum absolute atomic E-state index is 0.0336. The number of aryl methyl sites for hydroxylation is 1. The summed E-state index contributed by atoms with van der Waals surface area (Å²) < 4.78 is 16.4. The fraction of sp³-hybridized carbons (Fsp3) is 0.476. The van der Waals surface area contributed by atoms with E-state index in [4.69, 9.17) is 14.2 Å². The van der Waals surface area contributed by atoms with Crippen molar-refractivity contribution in [1.29, 1.82) is 0 Å². The molecule has 2 aromatic rings. The lowest BCUT2D eigenvalue weighted by molar-refractivity contribution is -0.131. The van der Waals surface area contributed by atoms with Crippen molar-refractivity contribution in [1.82, 2.24) is 5.32 Å². The van der Waals surface area contributed by atoms with Gasteiger partial charge in [0.15, 0.2) is 0 Å². The number of benzene rings is 1. The molecule has 0 aliphatic carbocycles. The minimum Gasteiger partial charge on any atom is -0.497 e. The molecule has 5 nitrogen and oxygen atoms in total. The van der Waals surface area contributed by atoms with Crippen molar-refractivity contribution in [3.8, 4) is 5.75 Å². The summed E-state index contributed by atoms with van der Waals surface area (Å²) in [6.07, 6.45) is 1.20. The lowest BCUT2D eigenvalue weighted by Crippen LogP contribution is -2.49. The zero-order chi connectivity index (χ0) is 19.3. The second-order valence-electron chi connectivity index (χ2n) is 6.81. The topological polar surface area (TPSA) is 56.8 Å². The van der Waals surface area contributed by atoms with Crippen LogP contribution in [0.5, 0.6) is 5.75 Å². The van der Waals surface area contributed by atoms with Gasteiger partial charge in [-0.2, -0.15) is 0 Å². The molecule has 0 bridgehead atoms. The number of methoxy groups -OCH3 is 2. The van der Waals surface area contributed by atoms with Crippen LogP contribution in [0.15, 0.2) is 36.4 Å². The molecule has 1 unspecified atom stereocenters. The number of nitrogens with one attached hydrogen (secondary N) is 1. The van der Waals surface area contributed by atoms with Gasteiger partial charge in [-0.1, -0.05) is 12.1 Å². The van der Waals surface area contributed by atoms with E-state index in [0.717, 1.165) is 16.2 Å². The van der Waals surface area contributed by atoms with Crippen LogP contribution in [-0.2, 0) is 19.7 Å². The summed E-state index contributed by atoms with van der Waals surface area (Å²) in [6.45, 7) is 3.68. The maximum atomic E-state index is 13.3. The van der Waals surface area contributed by atoms with Gasteiger partial charge in [-0.15, -0.1) is 11.3 Å². The first kappa shape index (κ1) is 19.9. The number of carbonyl (C=O) groups excluding carboxylic acids is 1. The third-order valence-electron chi connectivity index (χ3n) is 5.23. The Hall–Kier alpha value is -1.89. The Kier molecular flexibility index (Phi) is 6.52. The van der Waals surface area contributed by atoms with Gasteiger partial charge in [0.05, 0.1) is 12.5 Å². The average Bonchev–Trinajstić information content (AvgIpc) is 3.15. The molecule has 1 aliphatic heterocycles. The number of ether oxygens (including phenoxy) is 3. The molecule has 1 fully saturated rings. The molecule has 3 rings (SSSR count). The summed E-state index contributed by atoms with van der Waals surface area (Å²) in [6, 6.07) is 11.9. The number of carbonyl (C=O) groups is 1. The van der Waals surface area contributed by atoms with Crippen LogP contribution < -0.4 is 10.1 Å². The van der Waals surface area contributed by atoms with E-state index in [0.29, 0.717) is 32.6 Å². The zero-order valence-electron chi connectivity index (χ0n) is 16.1. The van der Waals surface area contributed by atoms with E-state index in [9.17, 15) is 4.79 Å². The number of rotatable bonds is 7. The van der Waals surface area contributed by atoms with Crippen molar-refractivity contribution < 1.29 is 19.0 Å². The third kappa shape index (κ3) is 4.34. The highest BCUT2D eigenvalue weighted by molar-refractivity contribution is 7.12. The largest absolute Gasteiger partial charge is 0.497 e. The summed E-state index contributed by atoms with van der Waals surface area (Å²) in [5, 5.41) is 3.13. The van der Waals surface area contributed by atoms with E-state index in [1.165, 1.54) is 4.88 Å². The lowest BCUT2D eigenvalue weighted by atomic mass is 9.73. The molecule has 1 saturated heterocycles. The predicted molar refractivity (Wildman–Crippen MR) is 107 cm³/mol. The monoisotopic (exact) mass is 389 g/mol. The Morgan fingerprint density at radius 3 is 2.44 bits per heavy atom. The molecular formula is C21H27NO4S. The van der Waals surface area contributed by atoms with Crippen molar-refractivity contribution in [2.45, 2.75) is 31.3 Å². The number of amides is 1. The Morgan fingerprint density at radius 2 is 1.89 bits per heavy atom. The summed E-state index contributed by atoms with van der Waals surface area (Å²) in [5.74, 6) is 0.820. The molecule has 0 saturated carbocycles. The highest BCUT2D eigenvalue weighted by Gasteiger charge is 2.41. The molecule has 1 aromatic carbocycles. The fourth-order valence-electron chi connectivity index (χ4n) is 3.56. The highest BCUT2D eigenvalue weighted by atomic mass is 32.1. The molecule has 1 amide bonds. The van der Waals surface area contributed by atoms with Gasteiger partial charge in [0, 0.05) is 36.6 Å². The average molecular weight is 390 g/mol. The summed E-state index contributed by atoms with van der Waals surface area (Å²) in [5.41, 5.74) is 0.429. The van der Waals surface area contributed by atoms with Crippen LogP contribution >= 0.6 is 11.3 Å². The van der Waals surface area contributed by atoms with E-state index in [2.05, 4.69) is 24.4 Å². The van der Waals surface area contributed by atoms with Gasteiger partial charge in [0.25, 0.3) is 0 Å². The summed E-state index contributed by atoms with van der Waals surface area (Å²) in [4.78, 5) is 15.6. The van der Waals surface area contributed by atoms with Gasteiger partial charge in [0.2, 0.25) is 5.91 Å². The van der Waals surface area contributed by atoms with Gasteiger partial charge < -0.3 is 19.5 Å². The van der Waals surface area contributed by atoms with Crippen LogP contribution in [0.2, 0.25) is 0 Å². The quantitative estimate of drug-likeness (QED) is 0.786. The van der Waals surface area contributed by atoms with E-state index >= 15 is 0 Å². The van der Waals surface area contributed by atoms with Crippen molar-refractivity contribution in [2.75, 3.05) is 34.0 Å². The molecule has 146 valence electrons. The zero-order valence-corrected chi connectivity index (χ0v) is 16.9. The van der Waals surface area contributed by atoms with Gasteiger partial charge in [-0.05, 0) is 49.6 Å². The molecule has 27 heavy (non-hydrogen) atoms. The second kappa shape index (κ2) is 8.87. The van der Waals surface area contributed by atoms with Crippen LogP contribution in [0, 0.1) is 6.92 Å². The Labute approximate surface area is 164 Å². The Balaban J connectivity index is 1.76. The second-order valence-corrected chi connectivity index (χ2v) is 8.13. The van der Waals surface area contributed by atoms with Gasteiger partial charge in [-0.25, -0.2) is 0 Å². The SMILES string of the molecule is COc1ccc(C2(C(=O)NCC(OC)c3ccc(C)s3)CCOCC2)cc1. The van der Waals surface area contributed by atoms with Crippen LogP contribution in [0.1, 0.15) is 34.3 Å². The van der Waals surface area contributed by atoms with Gasteiger partial charge in [0.1, 0.15) is 11.9 Å². The molecule has 1 atom stereocenters. The van der Waals surface area contributed by atoms with Crippen molar-refractivity contribution in [2.24, 2.45) is 0 Å². The van der Waals surface area contributed by atoms with Crippen molar-refractivity contribution in [3.05, 3.63) is 51.7 Å². The lowest BCUT2D eigenvalue weighted by Gasteiger charge is -2.36. The predicted octanol–water partition coefficient (Wildman–Crippen LogP) is 3.62. The van der Waals surface area contributed by atoms with E-state index < -0.39 is 5.41 Å². The van der Waals surface area contributed by atoms with Crippen molar-refractivity contribution in [3.63, 3.8) is 0 Å². The Morgan fingerprint density at radius 1 is 1.19 bits per heavy atom. The van der Waals surface area contributed by atoms with E-state index in [1.54, 1.807) is 25.6 Å². The molecule has 6 heteroatoms. The number of hydrogen-bond acceptors (Lipinski definition) is 5. The van der Waals surface area contributed by atoms with Crippen molar-refractivity contribution >= 4 is 17.2 Å². The first-order valence-corrected chi connectivity index (χ1v) is 10.0. The van der Waals surface area contributed by atoms with Gasteiger partial charge in [-0.3, -0.25) is 4.79 Å². The smallest absolute Gasteiger partial charge is 0.230 e. The summed E-state index contributed by atoms with van der Waals surface area (Å²) >= 11 is 1.70.